The molecule has 11 nitrogen and oxygen atoms in total. The van der Waals surface area contributed by atoms with Gasteiger partial charge in [0.15, 0.2) is 6.10 Å². The third-order valence-corrected chi connectivity index (χ3v) is 3.27. The molecule has 1 aliphatic carbocycles. The Bertz CT molecular complexity index is 547. The largest absolute Gasteiger partial charge is 0.458 e. The van der Waals surface area contributed by atoms with Crippen molar-refractivity contribution in [3.8, 4) is 0 Å². The highest BCUT2D eigenvalue weighted by atomic mass is 35.5. The fraction of sp³-hybridized carbons (Fsp3) is 0.818. The Morgan fingerprint density at radius 1 is 1.04 bits per heavy atom. The number of carbonyl (C=O) groups is 2. The van der Waals surface area contributed by atoms with Gasteiger partial charge in [-0.15, -0.1) is 0 Å². The predicted octanol–water partition coefficient (Wildman–Crippen LogP) is 2.19. The number of halogens is 1. The number of hydrogen-bond donors (Lipinski definition) is 0. The Hall–Kier alpha value is -2.19. The van der Waals surface area contributed by atoms with Gasteiger partial charge in [-0.1, -0.05) is 21.8 Å². The molecule has 12 heteroatoms. The van der Waals surface area contributed by atoms with E-state index in [0.29, 0.717) is 0 Å². The minimum Gasteiger partial charge on any atom is -0.458 e. The van der Waals surface area contributed by atoms with Crippen molar-refractivity contribution in [1.82, 2.24) is 0 Å². The standard InChI is InChI=1S/C11H15ClN6O5/c1-5(19)22-10-8(16-18-14)3-7(15-17-13)9(21-4-12)11(10)23-6(2)20/h7-11H,3-4H2,1-2H3/t7?,8-,9-,10-,11?/m1/s1. The van der Waals surface area contributed by atoms with Crippen LogP contribution in [0.25, 0.3) is 20.9 Å². The molecule has 0 bridgehead atoms. The molecule has 1 fully saturated rings. The van der Waals surface area contributed by atoms with Crippen LogP contribution in [0.15, 0.2) is 10.2 Å². The summed E-state index contributed by atoms with van der Waals surface area (Å²) in [6.45, 7) is 2.32. The van der Waals surface area contributed by atoms with Gasteiger partial charge in [0.05, 0.1) is 12.1 Å². The molecule has 1 saturated carbocycles. The van der Waals surface area contributed by atoms with E-state index in [4.69, 9.17) is 36.9 Å². The van der Waals surface area contributed by atoms with E-state index in [2.05, 4.69) is 20.1 Å². The summed E-state index contributed by atoms with van der Waals surface area (Å²) in [5, 5.41) is 7.11. The fourth-order valence-electron chi connectivity index (χ4n) is 2.44. The number of alkyl halides is 1. The average molecular weight is 347 g/mol. The smallest absolute Gasteiger partial charge is 0.303 e. The van der Waals surface area contributed by atoms with Crippen LogP contribution in [0.2, 0.25) is 0 Å². The molecule has 0 aromatic carbocycles. The summed E-state index contributed by atoms with van der Waals surface area (Å²) in [6, 6.07) is -1.97. The molecule has 0 heterocycles. The molecule has 5 atom stereocenters. The summed E-state index contributed by atoms with van der Waals surface area (Å²) in [7, 11) is 0. The summed E-state index contributed by atoms with van der Waals surface area (Å²) in [5.41, 5.74) is 17.4. The minimum atomic E-state index is -1.13. The van der Waals surface area contributed by atoms with Crippen molar-refractivity contribution in [2.24, 2.45) is 10.2 Å². The van der Waals surface area contributed by atoms with Crippen molar-refractivity contribution < 1.29 is 23.8 Å². The molecule has 0 aliphatic heterocycles. The molecule has 1 rings (SSSR count). The molecule has 0 spiro atoms. The summed E-state index contributed by atoms with van der Waals surface area (Å²) < 4.78 is 15.6. The van der Waals surface area contributed by atoms with Crippen molar-refractivity contribution >= 4 is 23.5 Å². The number of carbonyl (C=O) groups excluding carboxylic acids is 2. The number of rotatable bonds is 6. The van der Waals surface area contributed by atoms with Crippen molar-refractivity contribution in [2.45, 2.75) is 50.7 Å². The van der Waals surface area contributed by atoms with Crippen LogP contribution in [0, 0.1) is 0 Å². The Morgan fingerprint density at radius 2 is 1.52 bits per heavy atom. The topological polar surface area (TPSA) is 159 Å². The van der Waals surface area contributed by atoms with Gasteiger partial charge in [0, 0.05) is 23.7 Å². The van der Waals surface area contributed by atoms with Crippen molar-refractivity contribution in [3.05, 3.63) is 20.9 Å². The molecule has 23 heavy (non-hydrogen) atoms. The second kappa shape index (κ2) is 9.06. The molecule has 1 aliphatic rings. The number of esters is 2. The maximum Gasteiger partial charge on any atom is 0.303 e. The van der Waals surface area contributed by atoms with Gasteiger partial charge in [-0.3, -0.25) is 9.59 Å². The molecule has 0 aromatic heterocycles. The summed E-state index contributed by atoms with van der Waals surface area (Å²) in [6.07, 6.45) is -3.10. The lowest BCUT2D eigenvalue weighted by Crippen LogP contribution is -2.58. The van der Waals surface area contributed by atoms with E-state index in [1.807, 2.05) is 0 Å². The van der Waals surface area contributed by atoms with Crippen LogP contribution in [0.5, 0.6) is 0 Å². The highest BCUT2D eigenvalue weighted by molar-refractivity contribution is 6.17. The number of ether oxygens (including phenoxy) is 3. The number of nitrogens with zero attached hydrogens (tertiary/aromatic N) is 6. The lowest BCUT2D eigenvalue weighted by atomic mass is 9.84. The Balaban J connectivity index is 3.27. The van der Waals surface area contributed by atoms with E-state index in [-0.39, 0.29) is 12.5 Å². The van der Waals surface area contributed by atoms with Crippen LogP contribution in [0.1, 0.15) is 20.3 Å². The van der Waals surface area contributed by atoms with Crippen molar-refractivity contribution in [1.29, 1.82) is 0 Å². The first kappa shape index (κ1) is 18.9. The lowest BCUT2D eigenvalue weighted by molar-refractivity contribution is -0.188. The van der Waals surface area contributed by atoms with Crippen LogP contribution < -0.4 is 0 Å². The highest BCUT2D eigenvalue weighted by Crippen LogP contribution is 2.32. The van der Waals surface area contributed by atoms with Crippen LogP contribution in [-0.2, 0) is 23.8 Å². The monoisotopic (exact) mass is 346 g/mol. The SMILES string of the molecule is CC(=O)OC1[C@H](OCCl)C(N=[N+]=[N-])C[C@@H](N=[N+]=[N-])[C@H]1OC(C)=O. The van der Waals surface area contributed by atoms with E-state index in [9.17, 15) is 9.59 Å². The molecular weight excluding hydrogens is 332 g/mol. The third-order valence-electron chi connectivity index (χ3n) is 3.15. The molecule has 0 saturated heterocycles. The first-order chi connectivity index (χ1) is 10.9. The van der Waals surface area contributed by atoms with Crippen LogP contribution in [0.3, 0.4) is 0 Å². The zero-order valence-electron chi connectivity index (χ0n) is 12.4. The zero-order chi connectivity index (χ0) is 17.4. The average Bonchev–Trinajstić information content (AvgIpc) is 2.46. The summed E-state index contributed by atoms with van der Waals surface area (Å²) >= 11 is 5.57. The van der Waals surface area contributed by atoms with E-state index in [1.54, 1.807) is 0 Å². The van der Waals surface area contributed by atoms with Gasteiger partial charge in [0.25, 0.3) is 0 Å². The Kier molecular flexibility index (Phi) is 7.43. The maximum atomic E-state index is 11.4. The van der Waals surface area contributed by atoms with Crippen molar-refractivity contribution in [2.75, 3.05) is 6.07 Å². The van der Waals surface area contributed by atoms with E-state index in [1.165, 1.54) is 0 Å². The van der Waals surface area contributed by atoms with Gasteiger partial charge in [-0.25, -0.2) is 0 Å². The maximum absolute atomic E-state index is 11.4. The zero-order valence-corrected chi connectivity index (χ0v) is 13.2. The van der Waals surface area contributed by atoms with E-state index in [0.717, 1.165) is 13.8 Å². The first-order valence-electron chi connectivity index (χ1n) is 6.55. The summed E-state index contributed by atoms with van der Waals surface area (Å²) in [4.78, 5) is 28.1. The second-order valence-electron chi connectivity index (χ2n) is 4.67. The van der Waals surface area contributed by atoms with Gasteiger partial charge >= 0.3 is 11.9 Å². The van der Waals surface area contributed by atoms with Gasteiger partial charge < -0.3 is 14.2 Å². The predicted molar refractivity (Wildman–Crippen MR) is 77.2 cm³/mol. The van der Waals surface area contributed by atoms with Gasteiger partial charge in [-0.2, -0.15) is 0 Å². The van der Waals surface area contributed by atoms with Gasteiger partial charge in [-0.05, 0) is 17.5 Å². The van der Waals surface area contributed by atoms with E-state index >= 15 is 0 Å². The molecule has 2 unspecified atom stereocenters. The lowest BCUT2D eigenvalue weighted by Gasteiger charge is -2.42. The van der Waals surface area contributed by atoms with Crippen LogP contribution in [-0.4, -0.2) is 48.4 Å². The number of hydrogen-bond acceptors (Lipinski definition) is 7. The molecule has 126 valence electrons. The number of azide groups is 2. The highest BCUT2D eigenvalue weighted by Gasteiger charge is 2.49. The first-order valence-corrected chi connectivity index (χ1v) is 7.08. The van der Waals surface area contributed by atoms with Gasteiger partial charge in [0.1, 0.15) is 18.3 Å². The molecule has 0 N–H and O–H groups in total. The molecule has 0 radical (unpaired) electrons. The normalized spacial score (nSPS) is 29.6. The fourth-order valence-corrected chi connectivity index (χ4v) is 2.59. The molecular formula is C11H15ClN6O5. The minimum absolute atomic E-state index is 0.0470. The van der Waals surface area contributed by atoms with Crippen molar-refractivity contribution in [3.63, 3.8) is 0 Å². The quantitative estimate of drug-likeness (QED) is 0.236. The summed E-state index contributed by atoms with van der Waals surface area (Å²) in [5.74, 6) is -1.33. The molecule has 0 amide bonds. The van der Waals surface area contributed by atoms with Gasteiger partial charge in [0.2, 0.25) is 0 Å². The molecule has 0 aromatic rings. The van der Waals surface area contributed by atoms with Crippen LogP contribution in [0.4, 0.5) is 0 Å². The Morgan fingerprint density at radius 3 is 1.96 bits per heavy atom. The van der Waals surface area contributed by atoms with E-state index < -0.39 is 42.3 Å². The Labute approximate surface area is 136 Å². The van der Waals surface area contributed by atoms with Crippen LogP contribution >= 0.6 is 11.6 Å². The third kappa shape index (κ3) is 5.19. The second-order valence-corrected chi connectivity index (χ2v) is 4.89.